The predicted octanol–water partition coefficient (Wildman–Crippen LogP) is 3.99. The Morgan fingerprint density at radius 3 is 2.95 bits per heavy atom. The van der Waals surface area contributed by atoms with Crippen molar-refractivity contribution in [1.29, 1.82) is 0 Å². The first-order valence-electron chi connectivity index (χ1n) is 7.31. The highest BCUT2D eigenvalue weighted by atomic mass is 32.1. The molecular weight excluding hydrogens is 302 g/mol. The molecule has 0 amide bonds. The molecule has 2 aromatic rings. The third-order valence-electron chi connectivity index (χ3n) is 3.80. The molecule has 22 heavy (non-hydrogen) atoms. The van der Waals surface area contributed by atoms with Crippen molar-refractivity contribution >= 4 is 17.0 Å². The van der Waals surface area contributed by atoms with Crippen LogP contribution in [0, 0.1) is 17.0 Å². The Morgan fingerprint density at radius 1 is 1.45 bits per heavy atom. The van der Waals surface area contributed by atoms with E-state index in [4.69, 9.17) is 4.74 Å². The maximum absolute atomic E-state index is 11.0. The second kappa shape index (κ2) is 6.39. The van der Waals surface area contributed by atoms with Crippen LogP contribution in [0.3, 0.4) is 0 Å². The molecule has 1 saturated carbocycles. The van der Waals surface area contributed by atoms with Gasteiger partial charge in [-0.25, -0.2) is 9.97 Å². The predicted molar refractivity (Wildman–Crippen MR) is 83.3 cm³/mol. The monoisotopic (exact) mass is 319 g/mol. The molecule has 0 aliphatic heterocycles. The van der Waals surface area contributed by atoms with Crippen LogP contribution in [0.25, 0.3) is 0 Å². The first-order chi connectivity index (χ1) is 10.6. The van der Waals surface area contributed by atoms with Crippen molar-refractivity contribution in [2.75, 3.05) is 0 Å². The van der Waals surface area contributed by atoms with E-state index in [0.29, 0.717) is 5.92 Å². The van der Waals surface area contributed by atoms with E-state index in [-0.39, 0.29) is 18.2 Å². The lowest BCUT2D eigenvalue weighted by Crippen LogP contribution is -2.02. The fourth-order valence-electron chi connectivity index (χ4n) is 2.67. The molecule has 0 spiro atoms. The second-order valence-corrected chi connectivity index (χ2v) is 6.43. The molecule has 6 nitrogen and oxygen atoms in total. The highest BCUT2D eigenvalue weighted by molar-refractivity contribution is 7.09. The van der Waals surface area contributed by atoms with E-state index in [1.54, 1.807) is 24.5 Å². The van der Waals surface area contributed by atoms with Crippen LogP contribution in [0.5, 0.6) is 5.88 Å². The molecule has 0 N–H and O–H groups in total. The average Bonchev–Trinajstić information content (AvgIpc) is 3.16. The Labute approximate surface area is 132 Å². The van der Waals surface area contributed by atoms with Crippen LogP contribution in [0.2, 0.25) is 0 Å². The van der Waals surface area contributed by atoms with Gasteiger partial charge in [-0.1, -0.05) is 12.8 Å². The van der Waals surface area contributed by atoms with Gasteiger partial charge in [0.05, 0.1) is 15.6 Å². The van der Waals surface area contributed by atoms with Crippen molar-refractivity contribution in [3.8, 4) is 5.88 Å². The Kier molecular flexibility index (Phi) is 4.33. The van der Waals surface area contributed by atoms with Crippen LogP contribution in [0.4, 0.5) is 5.69 Å². The summed E-state index contributed by atoms with van der Waals surface area (Å²) in [5, 5.41) is 14.2. The topological polar surface area (TPSA) is 78.2 Å². The normalized spacial score (nSPS) is 15.1. The van der Waals surface area contributed by atoms with Crippen molar-refractivity contribution in [3.63, 3.8) is 0 Å². The molecule has 0 radical (unpaired) electrons. The van der Waals surface area contributed by atoms with Gasteiger partial charge in [0.15, 0.2) is 0 Å². The van der Waals surface area contributed by atoms with E-state index >= 15 is 0 Å². The van der Waals surface area contributed by atoms with Crippen LogP contribution in [-0.2, 0) is 6.61 Å². The number of nitrogens with zero attached hydrogens (tertiary/aromatic N) is 3. The highest BCUT2D eigenvalue weighted by Gasteiger charge is 2.21. The largest absolute Gasteiger partial charge is 0.466 e. The Morgan fingerprint density at radius 2 is 2.23 bits per heavy atom. The number of aryl methyl sites for hydroxylation is 1. The van der Waals surface area contributed by atoms with Crippen LogP contribution >= 0.6 is 11.3 Å². The summed E-state index contributed by atoms with van der Waals surface area (Å²) in [5.74, 6) is 0.622. The molecule has 7 heteroatoms. The summed E-state index contributed by atoms with van der Waals surface area (Å²) < 4.78 is 5.51. The third kappa shape index (κ3) is 3.24. The van der Waals surface area contributed by atoms with Gasteiger partial charge in [0.2, 0.25) is 0 Å². The van der Waals surface area contributed by atoms with Crippen molar-refractivity contribution in [2.24, 2.45) is 0 Å². The average molecular weight is 319 g/mol. The fraction of sp³-hybridized carbons (Fsp3) is 0.467. The maximum Gasteiger partial charge on any atom is 0.331 e. The summed E-state index contributed by atoms with van der Waals surface area (Å²) in [4.78, 5) is 19.2. The van der Waals surface area contributed by atoms with E-state index in [9.17, 15) is 10.1 Å². The van der Waals surface area contributed by atoms with Gasteiger partial charge in [0, 0.05) is 23.6 Å². The van der Waals surface area contributed by atoms with Gasteiger partial charge in [0.1, 0.15) is 6.61 Å². The molecule has 2 aromatic heterocycles. The van der Waals surface area contributed by atoms with E-state index in [0.717, 1.165) is 16.3 Å². The van der Waals surface area contributed by atoms with E-state index in [2.05, 4.69) is 9.97 Å². The quantitative estimate of drug-likeness (QED) is 0.615. The number of rotatable bonds is 5. The minimum atomic E-state index is -0.472. The minimum Gasteiger partial charge on any atom is -0.466 e. The zero-order valence-electron chi connectivity index (χ0n) is 12.3. The first kappa shape index (κ1) is 14.9. The molecule has 0 bridgehead atoms. The number of nitro groups is 1. The van der Waals surface area contributed by atoms with Crippen LogP contribution < -0.4 is 4.74 Å². The molecule has 0 unspecified atom stereocenters. The Bertz CT molecular complexity index is 680. The van der Waals surface area contributed by atoms with Gasteiger partial charge in [-0.05, 0) is 25.3 Å². The summed E-state index contributed by atoms with van der Waals surface area (Å²) >= 11 is 1.65. The Balaban J connectivity index is 1.69. The van der Waals surface area contributed by atoms with E-state index in [1.165, 1.54) is 31.7 Å². The fourth-order valence-corrected chi connectivity index (χ4v) is 3.65. The van der Waals surface area contributed by atoms with Gasteiger partial charge >= 0.3 is 5.69 Å². The zero-order valence-corrected chi connectivity index (χ0v) is 13.1. The van der Waals surface area contributed by atoms with Crippen molar-refractivity contribution in [2.45, 2.75) is 45.1 Å². The molecule has 0 atom stereocenters. The Hall–Kier alpha value is -2.02. The lowest BCUT2D eigenvalue weighted by molar-refractivity contribution is -0.386. The third-order valence-corrected chi connectivity index (χ3v) is 4.85. The number of hydrogen-bond donors (Lipinski definition) is 0. The second-order valence-electron chi connectivity index (χ2n) is 5.54. The van der Waals surface area contributed by atoms with Gasteiger partial charge in [-0.3, -0.25) is 10.1 Å². The number of ether oxygens (including phenoxy) is 1. The summed E-state index contributed by atoms with van der Waals surface area (Å²) in [6.45, 7) is 1.97. The molecule has 1 aliphatic rings. The summed E-state index contributed by atoms with van der Waals surface area (Å²) in [6.07, 6.45) is 6.52. The standard InChI is InChI=1S/C15H17N3O3S/c1-10-6-13(18(19)20)14(16-7-10)21-8-12-9-22-15(17-12)11-4-2-3-5-11/h6-7,9,11H,2-5,8H2,1H3. The molecule has 1 fully saturated rings. The molecule has 0 aromatic carbocycles. The molecule has 3 rings (SSSR count). The van der Waals surface area contributed by atoms with Crippen molar-refractivity contribution in [3.05, 3.63) is 44.0 Å². The smallest absolute Gasteiger partial charge is 0.331 e. The molecule has 2 heterocycles. The summed E-state index contributed by atoms with van der Waals surface area (Å²) in [6, 6.07) is 1.47. The number of hydrogen-bond acceptors (Lipinski definition) is 6. The SMILES string of the molecule is Cc1cnc(OCc2csc(C3CCCC3)n2)c([N+](=O)[O-])c1. The van der Waals surface area contributed by atoms with Crippen molar-refractivity contribution < 1.29 is 9.66 Å². The number of pyridine rings is 1. The van der Waals surface area contributed by atoms with Crippen LogP contribution in [0.1, 0.15) is 47.9 Å². The first-order valence-corrected chi connectivity index (χ1v) is 8.19. The van der Waals surface area contributed by atoms with Crippen LogP contribution in [0.15, 0.2) is 17.6 Å². The van der Waals surface area contributed by atoms with Crippen molar-refractivity contribution in [1.82, 2.24) is 9.97 Å². The van der Waals surface area contributed by atoms with Gasteiger partial charge in [-0.2, -0.15) is 0 Å². The maximum atomic E-state index is 11.0. The molecular formula is C15H17N3O3S. The highest BCUT2D eigenvalue weighted by Crippen LogP contribution is 2.35. The summed E-state index contributed by atoms with van der Waals surface area (Å²) in [5.41, 5.74) is 1.44. The lowest BCUT2D eigenvalue weighted by Gasteiger charge is -2.05. The van der Waals surface area contributed by atoms with Gasteiger partial charge in [0.25, 0.3) is 5.88 Å². The molecule has 1 aliphatic carbocycles. The van der Waals surface area contributed by atoms with E-state index in [1.807, 2.05) is 5.38 Å². The minimum absolute atomic E-state index is 0.0472. The molecule has 0 saturated heterocycles. The van der Waals surface area contributed by atoms with Gasteiger partial charge in [-0.15, -0.1) is 11.3 Å². The lowest BCUT2D eigenvalue weighted by atomic mass is 10.1. The zero-order chi connectivity index (χ0) is 15.5. The van der Waals surface area contributed by atoms with Crippen LogP contribution in [-0.4, -0.2) is 14.9 Å². The number of thiazole rings is 1. The number of aromatic nitrogens is 2. The van der Waals surface area contributed by atoms with E-state index < -0.39 is 4.92 Å². The molecule has 116 valence electrons. The van der Waals surface area contributed by atoms with Gasteiger partial charge < -0.3 is 4.74 Å². The summed E-state index contributed by atoms with van der Waals surface area (Å²) in [7, 11) is 0.